The average Bonchev–Trinajstić information content (AvgIpc) is 3.41. The Morgan fingerprint density at radius 3 is 2.60 bits per heavy atom. The van der Waals surface area contributed by atoms with Crippen LogP contribution >= 0.6 is 0 Å². The van der Waals surface area contributed by atoms with E-state index in [1.54, 1.807) is 0 Å². The fourth-order valence-corrected chi connectivity index (χ4v) is 6.94. The van der Waals surface area contributed by atoms with Gasteiger partial charge in [-0.05, 0) is 36.5 Å². The van der Waals surface area contributed by atoms with Crippen molar-refractivity contribution in [3.05, 3.63) is 11.9 Å². The van der Waals surface area contributed by atoms with Gasteiger partial charge in [0.1, 0.15) is 5.78 Å². The van der Waals surface area contributed by atoms with Crippen LogP contribution in [0.1, 0.15) is 71.9 Å². The van der Waals surface area contributed by atoms with Crippen LogP contribution < -0.4 is 15.8 Å². The Kier molecular flexibility index (Phi) is 10.1. The van der Waals surface area contributed by atoms with Gasteiger partial charge in [-0.15, -0.1) is 0 Å². The fraction of sp³-hybridized carbons (Fsp3) is 0.778. The Morgan fingerprint density at radius 1 is 1.30 bits per heavy atom. The second kappa shape index (κ2) is 12.6. The lowest BCUT2D eigenvalue weighted by atomic mass is 9.70. The summed E-state index contributed by atoms with van der Waals surface area (Å²) in [7, 11) is 1.42. The normalized spacial score (nSPS) is 26.0. The number of hydroxylamine groups is 2. The van der Waals surface area contributed by atoms with E-state index in [2.05, 4.69) is 27.7 Å². The lowest BCUT2D eigenvalue weighted by Crippen LogP contribution is -2.54. The molecular formula is C27H43F3N6O4. The third kappa shape index (κ3) is 6.06. The van der Waals surface area contributed by atoms with Gasteiger partial charge in [0.25, 0.3) is 0 Å². The molecule has 0 radical (unpaired) electrons. The highest BCUT2D eigenvalue weighted by Gasteiger charge is 2.79. The first-order chi connectivity index (χ1) is 18.8. The highest BCUT2D eigenvalue weighted by molar-refractivity contribution is 5.93. The number of aromatic nitrogens is 2. The molecule has 5 atom stereocenters. The number of aliphatic hydroxyl groups excluding tert-OH is 1. The predicted molar refractivity (Wildman–Crippen MR) is 143 cm³/mol. The number of anilines is 2. The van der Waals surface area contributed by atoms with Gasteiger partial charge in [0.15, 0.2) is 5.69 Å². The molecule has 13 heteroatoms. The number of fused-ring (bicyclic) bond motifs is 1. The minimum Gasteiger partial charge on any atom is -0.395 e. The van der Waals surface area contributed by atoms with Crippen LogP contribution in [0.5, 0.6) is 0 Å². The number of nitrogens with zero attached hydrogens (tertiary/aromatic N) is 4. The lowest BCUT2D eigenvalue weighted by Gasteiger charge is -2.39. The number of carbonyl (C=O) groups is 2. The summed E-state index contributed by atoms with van der Waals surface area (Å²) in [4.78, 5) is 34.6. The minimum atomic E-state index is -4.75. The number of hydrazine groups is 1. The summed E-state index contributed by atoms with van der Waals surface area (Å²) in [5, 5.41) is 19.6. The van der Waals surface area contributed by atoms with Crippen molar-refractivity contribution in [2.45, 2.75) is 78.4 Å². The van der Waals surface area contributed by atoms with Crippen molar-refractivity contribution in [3.63, 3.8) is 0 Å². The van der Waals surface area contributed by atoms with Crippen LogP contribution in [0.2, 0.25) is 0 Å². The molecule has 0 bridgehead atoms. The Balaban J connectivity index is 1.92. The fourth-order valence-electron chi connectivity index (χ4n) is 6.94. The van der Waals surface area contributed by atoms with Gasteiger partial charge in [-0.25, -0.2) is 20.5 Å². The Bertz CT molecular complexity index is 1040. The zero-order chi connectivity index (χ0) is 29.9. The number of alkyl halides is 3. The second-order valence-corrected chi connectivity index (χ2v) is 11.8. The number of likely N-dealkylation sites (N-methyl/N-ethyl adjacent to an activating group) is 1. The molecule has 1 heterocycles. The van der Waals surface area contributed by atoms with Gasteiger partial charge in [0.05, 0.1) is 30.5 Å². The van der Waals surface area contributed by atoms with E-state index >= 15 is 0 Å². The first-order valence-corrected chi connectivity index (χ1v) is 14.0. The maximum absolute atomic E-state index is 14.3. The van der Waals surface area contributed by atoms with Gasteiger partial charge in [0, 0.05) is 25.6 Å². The minimum absolute atomic E-state index is 0.000820. The maximum Gasteiger partial charge on any atom is 0.435 e. The third-order valence-electron chi connectivity index (χ3n) is 9.06. The molecule has 2 fully saturated rings. The number of carbonyl (C=O) groups excluding carboxylic acids is 2. The molecule has 40 heavy (non-hydrogen) atoms. The van der Waals surface area contributed by atoms with E-state index in [9.17, 15) is 28.0 Å². The second-order valence-electron chi connectivity index (χ2n) is 11.8. The summed E-state index contributed by atoms with van der Waals surface area (Å²) in [6.07, 6.45) is 1.43. The molecule has 0 spiro atoms. The Hall–Kier alpha value is -2.51. The molecule has 2 aliphatic carbocycles. The highest BCUT2D eigenvalue weighted by Crippen LogP contribution is 2.76. The zero-order valence-electron chi connectivity index (χ0n) is 24.0. The monoisotopic (exact) mass is 572 g/mol. The van der Waals surface area contributed by atoms with Crippen LogP contribution in [0, 0.1) is 28.6 Å². The average molecular weight is 573 g/mol. The first-order valence-electron chi connectivity index (χ1n) is 14.0. The summed E-state index contributed by atoms with van der Waals surface area (Å²) in [5.41, 5.74) is 3.27. The number of hydrogen-bond donors (Lipinski definition) is 4. The number of unbranched alkanes of at least 4 members (excludes halogenated alkanes) is 2. The third-order valence-corrected chi connectivity index (χ3v) is 9.06. The zero-order valence-corrected chi connectivity index (χ0v) is 24.0. The number of Topliss-reactive ketones (excluding diaryl/α,β-unsaturated/α-hetero) is 1. The standard InChI is InChI=1S/C27H43F3N6O4/c1-6-7-8-9-18(15-36(40)16-38)23(39)26-20(25(26,3)4)11-10-17(2)21(26)33-34-24-31-14-19(35(5)12-13-37)22(32-24)27(28,29)30/h14,16-18,20-21,33,37,40H,6-13,15H2,1-5H3,(H,31,32,34)/t17?,18-,20?,21?,26?/m1/s1. The van der Waals surface area contributed by atoms with Gasteiger partial charge >= 0.3 is 6.18 Å². The summed E-state index contributed by atoms with van der Waals surface area (Å²) >= 11 is 0. The van der Waals surface area contributed by atoms with E-state index < -0.39 is 34.7 Å². The molecule has 0 aromatic carbocycles. The molecule has 226 valence electrons. The van der Waals surface area contributed by atoms with Gasteiger partial charge in [-0.1, -0.05) is 47.0 Å². The predicted octanol–water partition coefficient (Wildman–Crippen LogP) is 3.89. The SMILES string of the molecule is CCCCC[C@H](CN(O)C=O)C(=O)C12C(NNc3ncc(N(C)CCO)c(C(F)(F)F)n3)C(C)CCC1C2(C)C. The largest absolute Gasteiger partial charge is 0.435 e. The van der Waals surface area contributed by atoms with Crippen molar-refractivity contribution in [3.8, 4) is 0 Å². The maximum atomic E-state index is 14.3. The van der Waals surface area contributed by atoms with Crippen molar-refractivity contribution < 1.29 is 33.1 Å². The molecule has 2 saturated carbocycles. The van der Waals surface area contributed by atoms with Gasteiger partial charge in [0.2, 0.25) is 12.4 Å². The Labute approximate surface area is 233 Å². The van der Waals surface area contributed by atoms with Gasteiger partial charge in [-0.2, -0.15) is 13.2 Å². The van der Waals surface area contributed by atoms with Crippen LogP contribution in [-0.4, -0.2) is 70.3 Å². The highest BCUT2D eigenvalue weighted by atomic mass is 19.4. The molecule has 3 rings (SSSR count). The molecule has 10 nitrogen and oxygen atoms in total. The van der Waals surface area contributed by atoms with E-state index in [0.29, 0.717) is 17.9 Å². The molecule has 1 amide bonds. The summed E-state index contributed by atoms with van der Waals surface area (Å²) < 4.78 is 41.6. The summed E-state index contributed by atoms with van der Waals surface area (Å²) in [6.45, 7) is 7.67. The number of halogens is 3. The summed E-state index contributed by atoms with van der Waals surface area (Å²) in [6, 6.07) is -0.444. The van der Waals surface area contributed by atoms with Crippen LogP contribution in [-0.2, 0) is 15.8 Å². The van der Waals surface area contributed by atoms with Crippen LogP contribution in [0.15, 0.2) is 6.20 Å². The van der Waals surface area contributed by atoms with E-state index in [4.69, 9.17) is 5.11 Å². The van der Waals surface area contributed by atoms with Gasteiger partial charge < -0.3 is 10.0 Å². The molecule has 4 unspecified atom stereocenters. The van der Waals surface area contributed by atoms with Crippen molar-refractivity contribution in [1.29, 1.82) is 0 Å². The lowest BCUT2D eigenvalue weighted by molar-refractivity contribution is -0.156. The van der Waals surface area contributed by atoms with Crippen LogP contribution in [0.3, 0.4) is 0 Å². The molecule has 4 N–H and O–H groups in total. The van der Waals surface area contributed by atoms with Crippen LogP contribution in [0.25, 0.3) is 0 Å². The van der Waals surface area contributed by atoms with Crippen molar-refractivity contribution in [1.82, 2.24) is 20.5 Å². The number of rotatable bonds is 15. The number of amides is 1. The molecule has 1 aromatic rings. The van der Waals surface area contributed by atoms with E-state index in [0.717, 1.165) is 38.3 Å². The van der Waals surface area contributed by atoms with E-state index in [-0.39, 0.29) is 49.0 Å². The molecule has 1 aromatic heterocycles. The van der Waals surface area contributed by atoms with E-state index in [1.807, 2.05) is 20.8 Å². The molecule has 2 aliphatic rings. The first kappa shape index (κ1) is 32.0. The summed E-state index contributed by atoms with van der Waals surface area (Å²) in [5.74, 6) is -0.857. The number of aliphatic hydroxyl groups is 1. The van der Waals surface area contributed by atoms with Crippen molar-refractivity contribution >= 4 is 23.8 Å². The van der Waals surface area contributed by atoms with E-state index in [1.165, 1.54) is 11.9 Å². The number of nitrogens with one attached hydrogen (secondary N) is 2. The smallest absolute Gasteiger partial charge is 0.395 e. The quantitative estimate of drug-likeness (QED) is 0.107. The molecule has 0 saturated heterocycles. The van der Waals surface area contributed by atoms with Crippen molar-refractivity contribution in [2.75, 3.05) is 37.1 Å². The van der Waals surface area contributed by atoms with Gasteiger partial charge in [-0.3, -0.25) is 20.2 Å². The Morgan fingerprint density at radius 2 is 2.00 bits per heavy atom. The molecular weight excluding hydrogens is 529 g/mol. The number of hydrogen-bond acceptors (Lipinski definition) is 9. The van der Waals surface area contributed by atoms with Crippen LogP contribution in [0.4, 0.5) is 24.8 Å². The topological polar surface area (TPSA) is 131 Å². The number of ketones is 1. The molecule has 0 aliphatic heterocycles. The van der Waals surface area contributed by atoms with Crippen molar-refractivity contribution in [2.24, 2.45) is 28.6 Å².